The van der Waals surface area contributed by atoms with E-state index in [0.29, 0.717) is 22.9 Å². The third-order valence-corrected chi connectivity index (χ3v) is 5.58. The second-order valence-electron chi connectivity index (χ2n) is 6.29. The fraction of sp³-hybridized carbons (Fsp3) is 0.0909. The van der Waals surface area contributed by atoms with E-state index in [4.69, 9.17) is 4.74 Å². The van der Waals surface area contributed by atoms with Crippen LogP contribution >= 0.6 is 11.3 Å². The maximum Gasteiger partial charge on any atom is 0.266 e. The minimum atomic E-state index is -0.307. The zero-order valence-electron chi connectivity index (χ0n) is 15.1. The van der Waals surface area contributed by atoms with E-state index in [1.54, 1.807) is 24.4 Å². The topological polar surface area (TPSA) is 51.2 Å². The van der Waals surface area contributed by atoms with E-state index in [1.165, 1.54) is 23.5 Å². The Hall–Kier alpha value is -3.25. The van der Waals surface area contributed by atoms with Gasteiger partial charge in [0.25, 0.3) is 5.91 Å². The van der Waals surface area contributed by atoms with Gasteiger partial charge < -0.3 is 10.1 Å². The van der Waals surface area contributed by atoms with Gasteiger partial charge in [0.05, 0.1) is 10.6 Å². The molecule has 0 aliphatic heterocycles. The van der Waals surface area contributed by atoms with Gasteiger partial charge >= 0.3 is 0 Å². The van der Waals surface area contributed by atoms with Crippen LogP contribution in [0.25, 0.3) is 10.1 Å². The zero-order chi connectivity index (χ0) is 19.5. The standard InChI is InChI=1S/C22H17FN2O2S/c1-14-19-11-15(23)8-9-20(19)28-21(14)22(26)25-16-6-4-7-18(12-16)27-13-17-5-2-3-10-24-17/h2-12H,13H2,1H3,(H,25,26). The van der Waals surface area contributed by atoms with Crippen molar-refractivity contribution >= 4 is 33.0 Å². The first kappa shape index (κ1) is 18.1. The van der Waals surface area contributed by atoms with Crippen LogP contribution in [0.3, 0.4) is 0 Å². The molecule has 1 amide bonds. The number of carbonyl (C=O) groups is 1. The molecule has 4 rings (SSSR count). The number of thiophene rings is 1. The molecule has 0 radical (unpaired) electrons. The highest BCUT2D eigenvalue weighted by Gasteiger charge is 2.16. The first-order valence-electron chi connectivity index (χ1n) is 8.73. The van der Waals surface area contributed by atoms with E-state index in [9.17, 15) is 9.18 Å². The van der Waals surface area contributed by atoms with E-state index >= 15 is 0 Å². The Kier molecular flexibility index (Phi) is 5.04. The van der Waals surface area contributed by atoms with Gasteiger partial charge in [0.1, 0.15) is 18.2 Å². The summed E-state index contributed by atoms with van der Waals surface area (Å²) in [6, 6.07) is 17.4. The van der Waals surface area contributed by atoms with Crippen LogP contribution in [0.2, 0.25) is 0 Å². The molecule has 4 nitrogen and oxygen atoms in total. The monoisotopic (exact) mass is 392 g/mol. The van der Waals surface area contributed by atoms with Crippen molar-refractivity contribution in [2.45, 2.75) is 13.5 Å². The largest absolute Gasteiger partial charge is 0.487 e. The van der Waals surface area contributed by atoms with E-state index in [2.05, 4.69) is 10.3 Å². The molecule has 2 aromatic carbocycles. The number of nitrogens with one attached hydrogen (secondary N) is 1. The van der Waals surface area contributed by atoms with Crippen molar-refractivity contribution in [1.29, 1.82) is 0 Å². The minimum absolute atomic E-state index is 0.221. The number of benzene rings is 2. The third kappa shape index (κ3) is 3.87. The van der Waals surface area contributed by atoms with Crippen LogP contribution in [0.15, 0.2) is 66.9 Å². The number of hydrogen-bond acceptors (Lipinski definition) is 4. The number of fused-ring (bicyclic) bond motifs is 1. The number of anilines is 1. The molecule has 0 atom stereocenters. The third-order valence-electron chi connectivity index (χ3n) is 4.31. The van der Waals surface area contributed by atoms with E-state index in [0.717, 1.165) is 21.3 Å². The summed E-state index contributed by atoms with van der Waals surface area (Å²) >= 11 is 1.35. The van der Waals surface area contributed by atoms with Crippen molar-refractivity contribution < 1.29 is 13.9 Å². The van der Waals surface area contributed by atoms with Crippen LogP contribution in [0.5, 0.6) is 5.75 Å². The predicted molar refractivity (Wildman–Crippen MR) is 109 cm³/mol. The molecule has 2 heterocycles. The maximum atomic E-state index is 13.5. The van der Waals surface area contributed by atoms with E-state index in [1.807, 2.05) is 37.3 Å². The molecule has 4 aromatic rings. The summed E-state index contributed by atoms with van der Waals surface area (Å²) in [5.74, 6) is 0.109. The number of rotatable bonds is 5. The predicted octanol–water partition coefficient (Wildman–Crippen LogP) is 5.58. The summed E-state index contributed by atoms with van der Waals surface area (Å²) in [4.78, 5) is 17.5. The lowest BCUT2D eigenvalue weighted by atomic mass is 10.1. The van der Waals surface area contributed by atoms with Crippen molar-refractivity contribution in [3.05, 3.63) is 88.8 Å². The summed E-state index contributed by atoms with van der Waals surface area (Å²) in [5.41, 5.74) is 2.23. The van der Waals surface area contributed by atoms with Crippen LogP contribution < -0.4 is 10.1 Å². The highest BCUT2D eigenvalue weighted by Crippen LogP contribution is 2.32. The molecule has 6 heteroatoms. The number of aryl methyl sites for hydroxylation is 1. The zero-order valence-corrected chi connectivity index (χ0v) is 15.9. The average Bonchev–Trinajstić information content (AvgIpc) is 3.04. The second-order valence-corrected chi connectivity index (χ2v) is 7.34. The van der Waals surface area contributed by atoms with Gasteiger partial charge in [-0.25, -0.2) is 4.39 Å². The molecule has 0 unspecified atom stereocenters. The Bertz CT molecular complexity index is 1140. The molecule has 28 heavy (non-hydrogen) atoms. The van der Waals surface area contributed by atoms with Crippen LogP contribution in [-0.2, 0) is 6.61 Å². The van der Waals surface area contributed by atoms with Gasteiger partial charge in [-0.05, 0) is 60.3 Å². The summed E-state index contributed by atoms with van der Waals surface area (Å²) in [5, 5.41) is 3.66. The van der Waals surface area contributed by atoms with Gasteiger partial charge in [-0.3, -0.25) is 9.78 Å². The molecule has 0 saturated carbocycles. The number of halogens is 1. The average molecular weight is 392 g/mol. The van der Waals surface area contributed by atoms with E-state index in [-0.39, 0.29) is 11.7 Å². The summed E-state index contributed by atoms with van der Waals surface area (Å²) in [7, 11) is 0. The molecule has 0 bridgehead atoms. The maximum absolute atomic E-state index is 13.5. The van der Waals surface area contributed by atoms with Gasteiger partial charge in [-0.2, -0.15) is 0 Å². The van der Waals surface area contributed by atoms with Crippen molar-refractivity contribution in [1.82, 2.24) is 4.98 Å². The van der Waals surface area contributed by atoms with Crippen LogP contribution in [0.1, 0.15) is 20.9 Å². The Balaban J connectivity index is 1.50. The SMILES string of the molecule is Cc1c(C(=O)Nc2cccc(OCc3ccccn3)c2)sc2ccc(F)cc12. The Morgan fingerprint density at radius 3 is 2.86 bits per heavy atom. The van der Waals surface area contributed by atoms with Gasteiger partial charge in [0, 0.05) is 22.7 Å². The Morgan fingerprint density at radius 2 is 2.04 bits per heavy atom. The molecule has 2 aromatic heterocycles. The molecule has 140 valence electrons. The molecule has 0 aliphatic carbocycles. The number of aromatic nitrogens is 1. The normalized spacial score (nSPS) is 10.8. The highest BCUT2D eigenvalue weighted by atomic mass is 32.1. The summed E-state index contributed by atoms with van der Waals surface area (Å²) < 4.78 is 20.1. The second kappa shape index (κ2) is 7.78. The Labute approximate surface area is 165 Å². The molecular formula is C22H17FN2O2S. The van der Waals surface area contributed by atoms with Gasteiger partial charge in [0.15, 0.2) is 0 Å². The number of nitrogens with zero attached hydrogens (tertiary/aromatic N) is 1. The fourth-order valence-electron chi connectivity index (χ4n) is 2.90. The molecular weight excluding hydrogens is 375 g/mol. The number of pyridine rings is 1. The van der Waals surface area contributed by atoms with Crippen molar-refractivity contribution in [3.63, 3.8) is 0 Å². The van der Waals surface area contributed by atoms with Gasteiger partial charge in [0.2, 0.25) is 0 Å². The van der Waals surface area contributed by atoms with Crippen LogP contribution in [0, 0.1) is 12.7 Å². The first-order valence-corrected chi connectivity index (χ1v) is 9.54. The lowest BCUT2D eigenvalue weighted by Crippen LogP contribution is -2.11. The fourth-order valence-corrected chi connectivity index (χ4v) is 3.99. The minimum Gasteiger partial charge on any atom is -0.487 e. The lowest BCUT2D eigenvalue weighted by Gasteiger charge is -2.09. The van der Waals surface area contributed by atoms with Crippen molar-refractivity contribution in [2.24, 2.45) is 0 Å². The molecule has 0 fully saturated rings. The molecule has 1 N–H and O–H groups in total. The summed E-state index contributed by atoms with van der Waals surface area (Å²) in [6.07, 6.45) is 1.72. The molecule has 0 spiro atoms. The lowest BCUT2D eigenvalue weighted by molar-refractivity contribution is 0.103. The van der Waals surface area contributed by atoms with Gasteiger partial charge in [-0.15, -0.1) is 11.3 Å². The smallest absolute Gasteiger partial charge is 0.266 e. The van der Waals surface area contributed by atoms with Gasteiger partial charge in [-0.1, -0.05) is 12.1 Å². The van der Waals surface area contributed by atoms with Crippen LogP contribution in [0.4, 0.5) is 10.1 Å². The number of ether oxygens (including phenoxy) is 1. The number of carbonyl (C=O) groups excluding carboxylic acids is 1. The summed E-state index contributed by atoms with van der Waals surface area (Å²) in [6.45, 7) is 2.18. The van der Waals surface area contributed by atoms with Crippen molar-refractivity contribution in [2.75, 3.05) is 5.32 Å². The number of amides is 1. The Morgan fingerprint density at radius 1 is 1.14 bits per heavy atom. The van der Waals surface area contributed by atoms with Crippen molar-refractivity contribution in [3.8, 4) is 5.75 Å². The van der Waals surface area contributed by atoms with Crippen LogP contribution in [-0.4, -0.2) is 10.9 Å². The molecule has 0 saturated heterocycles. The quantitative estimate of drug-likeness (QED) is 0.483. The highest BCUT2D eigenvalue weighted by molar-refractivity contribution is 7.21. The molecule has 0 aliphatic rings. The number of hydrogen-bond donors (Lipinski definition) is 1. The van der Waals surface area contributed by atoms with E-state index < -0.39 is 0 Å². The first-order chi connectivity index (χ1) is 13.6.